The first-order valence-electron chi connectivity index (χ1n) is 11.0. The standard InChI is InChI=1S/C27H27ClN4OS/c1-18-7-5-6-8-23(18)29-24(33)17-34-26-31-30-25(32(26)22-15-13-21(28)14-16-22)19-9-11-20(12-10-19)27(2,3)4/h5-16H,17H2,1-4H3,(H,29,33). The van der Waals surface area contributed by atoms with E-state index in [4.69, 9.17) is 11.6 Å². The Bertz CT molecular complexity index is 1290. The maximum absolute atomic E-state index is 12.6. The lowest BCUT2D eigenvalue weighted by Crippen LogP contribution is -2.15. The SMILES string of the molecule is Cc1ccccc1NC(=O)CSc1nnc(-c2ccc(C(C)(C)C)cc2)n1-c1ccc(Cl)cc1. The van der Waals surface area contributed by atoms with Crippen LogP contribution in [0.4, 0.5) is 5.69 Å². The highest BCUT2D eigenvalue weighted by atomic mass is 35.5. The van der Waals surface area contributed by atoms with Gasteiger partial charge in [-0.25, -0.2) is 0 Å². The first kappa shape index (κ1) is 24.0. The molecule has 4 rings (SSSR count). The lowest BCUT2D eigenvalue weighted by atomic mass is 9.87. The van der Waals surface area contributed by atoms with Crippen LogP contribution in [0.15, 0.2) is 78.0 Å². The van der Waals surface area contributed by atoms with Gasteiger partial charge < -0.3 is 5.32 Å². The summed E-state index contributed by atoms with van der Waals surface area (Å²) in [6, 6.07) is 23.6. The summed E-state index contributed by atoms with van der Waals surface area (Å²) in [5.41, 5.74) is 4.97. The number of carbonyl (C=O) groups excluding carboxylic acids is 1. The zero-order valence-corrected chi connectivity index (χ0v) is 21.2. The molecule has 0 bridgehead atoms. The predicted molar refractivity (Wildman–Crippen MR) is 141 cm³/mol. The lowest BCUT2D eigenvalue weighted by Gasteiger charge is -2.19. The average molecular weight is 491 g/mol. The maximum atomic E-state index is 12.6. The van der Waals surface area contributed by atoms with Gasteiger partial charge in [-0.1, -0.05) is 86.6 Å². The Hall–Kier alpha value is -3.09. The minimum Gasteiger partial charge on any atom is -0.325 e. The quantitative estimate of drug-likeness (QED) is 0.298. The highest BCUT2D eigenvalue weighted by Gasteiger charge is 2.19. The summed E-state index contributed by atoms with van der Waals surface area (Å²) in [7, 11) is 0. The minimum atomic E-state index is -0.0963. The largest absolute Gasteiger partial charge is 0.325 e. The van der Waals surface area contributed by atoms with E-state index in [-0.39, 0.29) is 17.1 Å². The third-order valence-corrected chi connectivity index (χ3v) is 6.66. The Morgan fingerprint density at radius 1 is 0.971 bits per heavy atom. The number of hydrogen-bond acceptors (Lipinski definition) is 4. The summed E-state index contributed by atoms with van der Waals surface area (Å²) in [6.07, 6.45) is 0. The lowest BCUT2D eigenvalue weighted by molar-refractivity contribution is -0.113. The third-order valence-electron chi connectivity index (χ3n) is 5.48. The fourth-order valence-electron chi connectivity index (χ4n) is 3.52. The van der Waals surface area contributed by atoms with Crippen molar-refractivity contribution in [3.05, 3.63) is 88.9 Å². The number of nitrogens with one attached hydrogen (secondary N) is 1. The monoisotopic (exact) mass is 490 g/mol. The molecule has 3 aromatic carbocycles. The Morgan fingerprint density at radius 2 is 1.65 bits per heavy atom. The molecule has 0 atom stereocenters. The van der Waals surface area contributed by atoms with Crippen molar-refractivity contribution in [2.24, 2.45) is 0 Å². The van der Waals surface area contributed by atoms with Crippen LogP contribution in [-0.2, 0) is 10.2 Å². The molecule has 7 heteroatoms. The molecule has 0 saturated carbocycles. The van der Waals surface area contributed by atoms with Crippen molar-refractivity contribution in [3.63, 3.8) is 0 Å². The molecule has 0 aliphatic carbocycles. The Kier molecular flexibility index (Phi) is 7.10. The number of rotatable bonds is 6. The van der Waals surface area contributed by atoms with Gasteiger partial charge in [0.15, 0.2) is 11.0 Å². The van der Waals surface area contributed by atoms with E-state index in [0.29, 0.717) is 16.0 Å². The van der Waals surface area contributed by atoms with Gasteiger partial charge >= 0.3 is 0 Å². The number of amides is 1. The highest BCUT2D eigenvalue weighted by Crippen LogP contribution is 2.30. The number of aromatic nitrogens is 3. The summed E-state index contributed by atoms with van der Waals surface area (Å²) in [4.78, 5) is 12.6. The fourth-order valence-corrected chi connectivity index (χ4v) is 4.40. The highest BCUT2D eigenvalue weighted by molar-refractivity contribution is 7.99. The van der Waals surface area contributed by atoms with Crippen molar-refractivity contribution in [1.29, 1.82) is 0 Å². The topological polar surface area (TPSA) is 59.8 Å². The van der Waals surface area contributed by atoms with Crippen LogP contribution in [0, 0.1) is 6.92 Å². The zero-order chi connectivity index (χ0) is 24.3. The van der Waals surface area contributed by atoms with Crippen molar-refractivity contribution in [1.82, 2.24) is 14.8 Å². The van der Waals surface area contributed by atoms with Gasteiger partial charge in [-0.15, -0.1) is 10.2 Å². The smallest absolute Gasteiger partial charge is 0.234 e. The Labute approximate surface area is 209 Å². The number of hydrogen-bond donors (Lipinski definition) is 1. The van der Waals surface area contributed by atoms with Gasteiger partial charge in [0.05, 0.1) is 5.75 Å². The van der Waals surface area contributed by atoms with Crippen LogP contribution in [0.5, 0.6) is 0 Å². The normalized spacial score (nSPS) is 11.4. The average Bonchev–Trinajstić information content (AvgIpc) is 3.23. The summed E-state index contributed by atoms with van der Waals surface area (Å²) in [6.45, 7) is 8.54. The minimum absolute atomic E-state index is 0.0634. The van der Waals surface area contributed by atoms with Crippen molar-refractivity contribution in [3.8, 4) is 17.1 Å². The first-order chi connectivity index (χ1) is 16.2. The van der Waals surface area contributed by atoms with Crippen LogP contribution < -0.4 is 5.32 Å². The van der Waals surface area contributed by atoms with Crippen molar-refractivity contribution in [2.75, 3.05) is 11.1 Å². The Morgan fingerprint density at radius 3 is 2.29 bits per heavy atom. The van der Waals surface area contributed by atoms with Gasteiger partial charge in [-0.2, -0.15) is 0 Å². The molecule has 4 aromatic rings. The van der Waals surface area contributed by atoms with Gasteiger partial charge in [-0.3, -0.25) is 9.36 Å². The van der Waals surface area contributed by atoms with E-state index in [2.05, 4.69) is 60.6 Å². The van der Waals surface area contributed by atoms with Gasteiger partial charge in [0, 0.05) is 22.0 Å². The second kappa shape index (κ2) is 10.0. The number of anilines is 1. The summed E-state index contributed by atoms with van der Waals surface area (Å²) >= 11 is 7.47. The van der Waals surface area contributed by atoms with E-state index in [1.54, 1.807) is 0 Å². The third kappa shape index (κ3) is 5.51. The van der Waals surface area contributed by atoms with Crippen LogP contribution in [0.1, 0.15) is 31.9 Å². The molecule has 0 radical (unpaired) electrons. The van der Waals surface area contributed by atoms with E-state index in [1.807, 2.05) is 60.0 Å². The molecule has 0 aliphatic rings. The molecule has 0 aliphatic heterocycles. The first-order valence-corrected chi connectivity index (χ1v) is 12.4. The molecule has 1 aromatic heterocycles. The van der Waals surface area contributed by atoms with E-state index in [1.165, 1.54) is 17.3 Å². The van der Waals surface area contributed by atoms with Crippen molar-refractivity contribution in [2.45, 2.75) is 38.3 Å². The van der Waals surface area contributed by atoms with Crippen molar-refractivity contribution < 1.29 is 4.79 Å². The van der Waals surface area contributed by atoms with Gasteiger partial charge in [-0.05, 0) is 53.8 Å². The van der Waals surface area contributed by atoms with Crippen LogP contribution in [0.2, 0.25) is 5.02 Å². The molecule has 0 unspecified atom stereocenters. The van der Waals surface area contributed by atoms with E-state index in [0.717, 1.165) is 22.5 Å². The molecule has 174 valence electrons. The molecule has 0 fully saturated rings. The van der Waals surface area contributed by atoms with Crippen molar-refractivity contribution >= 4 is 35.0 Å². The number of carbonyl (C=O) groups is 1. The number of benzene rings is 3. The van der Waals surface area contributed by atoms with E-state index >= 15 is 0 Å². The maximum Gasteiger partial charge on any atom is 0.234 e. The summed E-state index contributed by atoms with van der Waals surface area (Å²) in [5.74, 6) is 0.828. The second-order valence-corrected chi connectivity index (χ2v) is 10.5. The number of para-hydroxylation sites is 1. The van der Waals surface area contributed by atoms with Crippen LogP contribution in [0.3, 0.4) is 0 Å². The molecule has 1 N–H and O–H groups in total. The van der Waals surface area contributed by atoms with E-state index < -0.39 is 0 Å². The Balaban J connectivity index is 1.62. The zero-order valence-electron chi connectivity index (χ0n) is 19.7. The van der Waals surface area contributed by atoms with E-state index in [9.17, 15) is 4.79 Å². The molecular weight excluding hydrogens is 464 g/mol. The van der Waals surface area contributed by atoms with Crippen LogP contribution in [0.25, 0.3) is 17.1 Å². The number of nitrogens with zero attached hydrogens (tertiary/aromatic N) is 3. The molecular formula is C27H27ClN4OS. The van der Waals surface area contributed by atoms with Gasteiger partial charge in [0.25, 0.3) is 0 Å². The molecule has 0 spiro atoms. The molecule has 5 nitrogen and oxygen atoms in total. The molecule has 1 heterocycles. The molecule has 34 heavy (non-hydrogen) atoms. The summed E-state index contributed by atoms with van der Waals surface area (Å²) < 4.78 is 1.97. The molecule has 1 amide bonds. The van der Waals surface area contributed by atoms with Crippen LogP contribution in [-0.4, -0.2) is 26.4 Å². The molecule has 0 saturated heterocycles. The van der Waals surface area contributed by atoms with Crippen LogP contribution >= 0.6 is 23.4 Å². The van der Waals surface area contributed by atoms with Gasteiger partial charge in [0.1, 0.15) is 0 Å². The predicted octanol–water partition coefficient (Wildman–Crippen LogP) is 6.92. The van der Waals surface area contributed by atoms with Gasteiger partial charge in [0.2, 0.25) is 5.91 Å². The number of halogens is 1. The summed E-state index contributed by atoms with van der Waals surface area (Å²) in [5, 5.41) is 13.2. The second-order valence-electron chi connectivity index (χ2n) is 9.10. The fraction of sp³-hybridized carbons (Fsp3) is 0.222. The number of aryl methyl sites for hydroxylation is 1. The number of thioether (sulfide) groups is 1.